The molecule has 1 N–H and O–H groups in total. The van der Waals surface area contributed by atoms with Gasteiger partial charge in [0.1, 0.15) is 0 Å². The van der Waals surface area contributed by atoms with Crippen LogP contribution in [0.2, 0.25) is 0 Å². The van der Waals surface area contributed by atoms with Gasteiger partial charge in [0.05, 0.1) is 19.1 Å². The molecule has 0 bridgehead atoms. The first-order valence-corrected chi connectivity index (χ1v) is 7.64. The molecule has 1 heterocycles. The summed E-state index contributed by atoms with van der Waals surface area (Å²) in [6.07, 6.45) is 6.18. The predicted molar refractivity (Wildman–Crippen MR) is 74.4 cm³/mol. The van der Waals surface area contributed by atoms with Crippen molar-refractivity contribution in [1.82, 2.24) is 4.90 Å². The molecule has 5 heteroatoms. The molecule has 2 fully saturated rings. The van der Waals surface area contributed by atoms with Gasteiger partial charge in [-0.25, -0.2) is 0 Å². The van der Waals surface area contributed by atoms with E-state index >= 15 is 0 Å². The lowest BCUT2D eigenvalue weighted by Gasteiger charge is -2.38. The smallest absolute Gasteiger partial charge is 0.306 e. The number of ether oxygens (including phenoxy) is 1. The number of hydrogen-bond acceptors (Lipinski definition) is 3. The molecule has 1 unspecified atom stereocenters. The molecule has 1 aliphatic carbocycles. The van der Waals surface area contributed by atoms with Crippen LogP contribution in [-0.4, -0.2) is 47.7 Å². The van der Waals surface area contributed by atoms with Crippen LogP contribution in [0.5, 0.6) is 0 Å². The van der Waals surface area contributed by atoms with Gasteiger partial charge in [0, 0.05) is 18.5 Å². The minimum atomic E-state index is -0.870. The maximum atomic E-state index is 12.8. The van der Waals surface area contributed by atoms with Crippen molar-refractivity contribution in [3.8, 4) is 0 Å². The molecular weight excluding hydrogens is 258 g/mol. The molecule has 1 amide bonds. The molecule has 1 saturated heterocycles. The van der Waals surface area contributed by atoms with Gasteiger partial charge >= 0.3 is 5.97 Å². The second-order valence-corrected chi connectivity index (χ2v) is 6.32. The van der Waals surface area contributed by atoms with Gasteiger partial charge in [-0.15, -0.1) is 0 Å². The largest absolute Gasteiger partial charge is 0.481 e. The number of carboxylic acid groups (broad SMARTS) is 1. The van der Waals surface area contributed by atoms with E-state index in [1.54, 1.807) is 0 Å². The Morgan fingerprint density at radius 3 is 2.50 bits per heavy atom. The quantitative estimate of drug-likeness (QED) is 0.805. The summed E-state index contributed by atoms with van der Waals surface area (Å²) < 4.78 is 5.44. The fourth-order valence-electron chi connectivity index (χ4n) is 3.33. The summed E-state index contributed by atoms with van der Waals surface area (Å²) in [5, 5.41) is 8.84. The molecule has 0 aromatic heterocycles. The van der Waals surface area contributed by atoms with E-state index in [9.17, 15) is 9.59 Å². The van der Waals surface area contributed by atoms with E-state index in [4.69, 9.17) is 9.84 Å². The molecular formula is C15H25NO4. The summed E-state index contributed by atoms with van der Waals surface area (Å²) in [6.45, 7) is 3.52. The van der Waals surface area contributed by atoms with E-state index in [1.165, 1.54) is 12.8 Å². The fourth-order valence-corrected chi connectivity index (χ4v) is 3.33. The highest BCUT2D eigenvalue weighted by molar-refractivity contribution is 5.82. The second kappa shape index (κ2) is 6.57. The van der Waals surface area contributed by atoms with Crippen LogP contribution >= 0.6 is 0 Å². The lowest BCUT2D eigenvalue weighted by atomic mass is 9.81. The van der Waals surface area contributed by atoms with Gasteiger partial charge in [0.25, 0.3) is 0 Å². The third-order valence-electron chi connectivity index (χ3n) is 4.55. The zero-order valence-corrected chi connectivity index (χ0v) is 12.3. The Labute approximate surface area is 120 Å². The third-order valence-corrected chi connectivity index (χ3v) is 4.55. The Kier molecular flexibility index (Phi) is 5.02. The minimum Gasteiger partial charge on any atom is -0.481 e. The zero-order chi connectivity index (χ0) is 14.6. The Morgan fingerprint density at radius 1 is 1.25 bits per heavy atom. The summed E-state index contributed by atoms with van der Waals surface area (Å²) in [5.41, 5.74) is -0.262. The number of aliphatic carboxylic acids is 1. The van der Waals surface area contributed by atoms with Crippen LogP contribution in [0.25, 0.3) is 0 Å². The number of carbonyl (C=O) groups is 2. The lowest BCUT2D eigenvalue weighted by Crippen LogP contribution is -2.51. The van der Waals surface area contributed by atoms with Crippen LogP contribution in [0, 0.1) is 5.41 Å². The zero-order valence-electron chi connectivity index (χ0n) is 12.3. The van der Waals surface area contributed by atoms with Crippen LogP contribution < -0.4 is 0 Å². The van der Waals surface area contributed by atoms with Crippen molar-refractivity contribution < 1.29 is 19.4 Å². The number of nitrogens with zero attached hydrogens (tertiary/aromatic N) is 1. The molecule has 2 aliphatic rings. The Bertz CT molecular complexity index is 361. The highest BCUT2D eigenvalue weighted by atomic mass is 16.5. The monoisotopic (exact) mass is 283 g/mol. The standard InChI is InChI=1S/C15H25NO4/c1-15(6-4-2-3-5-7-15)14(19)16-8-9-20-12(11-16)10-13(17)18/h12H,2-11H2,1H3,(H,17,18). The molecule has 0 spiro atoms. The molecule has 114 valence electrons. The van der Waals surface area contributed by atoms with Crippen molar-refractivity contribution in [1.29, 1.82) is 0 Å². The van der Waals surface area contributed by atoms with E-state index in [-0.39, 0.29) is 23.8 Å². The maximum absolute atomic E-state index is 12.8. The molecule has 0 aromatic rings. The van der Waals surface area contributed by atoms with Crippen molar-refractivity contribution in [3.05, 3.63) is 0 Å². The molecule has 0 radical (unpaired) electrons. The summed E-state index contributed by atoms with van der Waals surface area (Å²) in [6, 6.07) is 0. The highest BCUT2D eigenvalue weighted by Crippen LogP contribution is 2.36. The van der Waals surface area contributed by atoms with Crippen molar-refractivity contribution >= 4 is 11.9 Å². The Hall–Kier alpha value is -1.10. The van der Waals surface area contributed by atoms with Crippen molar-refractivity contribution in [3.63, 3.8) is 0 Å². The van der Waals surface area contributed by atoms with E-state index < -0.39 is 5.97 Å². The van der Waals surface area contributed by atoms with Gasteiger partial charge in [0.15, 0.2) is 0 Å². The van der Waals surface area contributed by atoms with E-state index in [0.29, 0.717) is 19.7 Å². The van der Waals surface area contributed by atoms with Gasteiger partial charge in [-0.2, -0.15) is 0 Å². The average molecular weight is 283 g/mol. The second-order valence-electron chi connectivity index (χ2n) is 6.32. The van der Waals surface area contributed by atoms with Crippen LogP contribution in [0.4, 0.5) is 0 Å². The molecule has 5 nitrogen and oxygen atoms in total. The fraction of sp³-hybridized carbons (Fsp3) is 0.867. The number of carbonyl (C=O) groups excluding carboxylic acids is 1. The van der Waals surface area contributed by atoms with Crippen molar-refractivity contribution in [2.24, 2.45) is 5.41 Å². The van der Waals surface area contributed by atoms with Crippen molar-refractivity contribution in [2.75, 3.05) is 19.7 Å². The Morgan fingerprint density at radius 2 is 1.90 bits per heavy atom. The van der Waals surface area contributed by atoms with Gasteiger partial charge in [-0.05, 0) is 12.8 Å². The summed E-state index contributed by atoms with van der Waals surface area (Å²) >= 11 is 0. The highest BCUT2D eigenvalue weighted by Gasteiger charge is 2.38. The molecule has 2 rings (SSSR count). The average Bonchev–Trinajstić information content (AvgIpc) is 2.63. The van der Waals surface area contributed by atoms with Gasteiger partial charge in [-0.3, -0.25) is 9.59 Å². The Balaban J connectivity index is 1.98. The maximum Gasteiger partial charge on any atom is 0.306 e. The number of hydrogen-bond donors (Lipinski definition) is 1. The van der Waals surface area contributed by atoms with E-state index in [2.05, 4.69) is 6.92 Å². The number of morpholine rings is 1. The third kappa shape index (κ3) is 3.72. The van der Waals surface area contributed by atoms with Crippen molar-refractivity contribution in [2.45, 2.75) is 58.0 Å². The first kappa shape index (κ1) is 15.3. The molecule has 20 heavy (non-hydrogen) atoms. The van der Waals surface area contributed by atoms with E-state index in [0.717, 1.165) is 25.7 Å². The van der Waals surface area contributed by atoms with E-state index in [1.807, 2.05) is 4.90 Å². The summed E-state index contributed by atoms with van der Waals surface area (Å²) in [4.78, 5) is 25.4. The molecule has 1 aliphatic heterocycles. The number of rotatable bonds is 3. The van der Waals surface area contributed by atoms with Crippen LogP contribution in [-0.2, 0) is 14.3 Å². The molecule has 0 aromatic carbocycles. The van der Waals surface area contributed by atoms with Gasteiger partial charge < -0.3 is 14.7 Å². The molecule has 1 atom stereocenters. The molecule has 1 saturated carbocycles. The van der Waals surface area contributed by atoms with Gasteiger partial charge in [0.2, 0.25) is 5.91 Å². The van der Waals surface area contributed by atoms with Crippen LogP contribution in [0.1, 0.15) is 51.9 Å². The van der Waals surface area contributed by atoms with Crippen LogP contribution in [0.3, 0.4) is 0 Å². The predicted octanol–water partition coefficient (Wildman–Crippen LogP) is 2.05. The first-order valence-electron chi connectivity index (χ1n) is 7.64. The normalized spacial score (nSPS) is 26.9. The minimum absolute atomic E-state index is 0.0273. The number of carboxylic acids is 1. The summed E-state index contributed by atoms with van der Waals surface area (Å²) in [7, 11) is 0. The first-order chi connectivity index (χ1) is 9.51. The lowest BCUT2D eigenvalue weighted by molar-refractivity contribution is -0.154. The topological polar surface area (TPSA) is 66.8 Å². The SMILES string of the molecule is CC1(C(=O)N2CCOC(CC(=O)O)C2)CCCCCC1. The number of amides is 1. The van der Waals surface area contributed by atoms with Gasteiger partial charge in [-0.1, -0.05) is 32.6 Å². The summed E-state index contributed by atoms with van der Waals surface area (Å²) in [5.74, 6) is -0.678. The van der Waals surface area contributed by atoms with Crippen LogP contribution in [0.15, 0.2) is 0 Å².